The minimum Gasteiger partial charge on any atom is -0.497 e. The molecule has 0 radical (unpaired) electrons. The lowest BCUT2D eigenvalue weighted by Gasteiger charge is -2.32. The molecule has 39 heavy (non-hydrogen) atoms. The molecular formula is C29H34ClN3O5S. The maximum Gasteiger partial charge on any atom is 0.264 e. The van der Waals surface area contributed by atoms with Crippen molar-refractivity contribution in [2.75, 3.05) is 18.0 Å². The highest BCUT2D eigenvalue weighted by atomic mass is 35.5. The molecule has 0 fully saturated rings. The minimum atomic E-state index is -4.16. The van der Waals surface area contributed by atoms with Crippen LogP contribution in [0.2, 0.25) is 5.02 Å². The summed E-state index contributed by atoms with van der Waals surface area (Å²) in [4.78, 5) is 28.4. The maximum atomic E-state index is 14.0. The van der Waals surface area contributed by atoms with Crippen molar-refractivity contribution in [1.82, 2.24) is 10.2 Å². The molecule has 0 heterocycles. The number of carbonyl (C=O) groups excluding carboxylic acids is 2. The zero-order chi connectivity index (χ0) is 28.7. The number of anilines is 1. The Morgan fingerprint density at radius 3 is 2.31 bits per heavy atom. The fraction of sp³-hybridized carbons (Fsp3) is 0.310. The van der Waals surface area contributed by atoms with Crippen LogP contribution in [0.25, 0.3) is 0 Å². The van der Waals surface area contributed by atoms with Gasteiger partial charge in [0.2, 0.25) is 11.8 Å². The molecule has 3 aromatic carbocycles. The van der Waals surface area contributed by atoms with Crippen LogP contribution in [-0.4, -0.2) is 50.9 Å². The summed E-state index contributed by atoms with van der Waals surface area (Å²) in [7, 11) is -2.62. The van der Waals surface area contributed by atoms with E-state index in [9.17, 15) is 18.0 Å². The Kier molecular flexibility index (Phi) is 9.99. The molecule has 0 aliphatic heterocycles. The number of amides is 2. The van der Waals surface area contributed by atoms with E-state index in [2.05, 4.69) is 5.32 Å². The van der Waals surface area contributed by atoms with Crippen molar-refractivity contribution in [3.05, 3.63) is 88.9 Å². The Morgan fingerprint density at radius 1 is 0.974 bits per heavy atom. The molecule has 8 nitrogen and oxygen atoms in total. The van der Waals surface area contributed by atoms with E-state index in [1.807, 2.05) is 19.9 Å². The van der Waals surface area contributed by atoms with Gasteiger partial charge < -0.3 is 15.0 Å². The lowest BCUT2D eigenvalue weighted by Crippen LogP contribution is -2.52. The van der Waals surface area contributed by atoms with E-state index in [1.54, 1.807) is 69.5 Å². The third kappa shape index (κ3) is 7.52. The molecule has 0 saturated heterocycles. The number of ether oxygens (including phenoxy) is 1. The number of nitrogens with zero attached hydrogens (tertiary/aromatic N) is 2. The fourth-order valence-corrected chi connectivity index (χ4v) is 5.70. The average Bonchev–Trinajstić information content (AvgIpc) is 2.91. The molecule has 1 atom stereocenters. The number of nitrogens with one attached hydrogen (secondary N) is 1. The topological polar surface area (TPSA) is 96.0 Å². The van der Waals surface area contributed by atoms with Crippen LogP contribution in [0.4, 0.5) is 5.69 Å². The Morgan fingerprint density at radius 2 is 1.67 bits per heavy atom. The summed E-state index contributed by atoms with van der Waals surface area (Å²) >= 11 is 6.25. The first-order chi connectivity index (χ1) is 18.4. The molecule has 0 aliphatic rings. The first-order valence-corrected chi connectivity index (χ1v) is 14.3. The van der Waals surface area contributed by atoms with Crippen molar-refractivity contribution >= 4 is 39.1 Å². The third-order valence-corrected chi connectivity index (χ3v) is 8.14. The summed E-state index contributed by atoms with van der Waals surface area (Å²) in [6.45, 7) is 6.55. The number of hydrogen-bond acceptors (Lipinski definition) is 5. The van der Waals surface area contributed by atoms with Crippen molar-refractivity contribution in [1.29, 1.82) is 0 Å². The smallest absolute Gasteiger partial charge is 0.264 e. The second kappa shape index (κ2) is 13.0. The van der Waals surface area contributed by atoms with Crippen LogP contribution in [-0.2, 0) is 26.2 Å². The fourth-order valence-electron chi connectivity index (χ4n) is 4.04. The van der Waals surface area contributed by atoms with Crippen LogP contribution < -0.4 is 14.4 Å². The van der Waals surface area contributed by atoms with E-state index < -0.39 is 28.5 Å². The van der Waals surface area contributed by atoms with Gasteiger partial charge in [-0.25, -0.2) is 8.42 Å². The van der Waals surface area contributed by atoms with Gasteiger partial charge in [0.1, 0.15) is 18.3 Å². The maximum absolute atomic E-state index is 14.0. The molecule has 1 N–H and O–H groups in total. The molecule has 0 spiro atoms. The van der Waals surface area contributed by atoms with E-state index in [0.29, 0.717) is 16.3 Å². The number of hydrogen-bond donors (Lipinski definition) is 1. The highest BCUT2D eigenvalue weighted by Gasteiger charge is 2.33. The number of rotatable bonds is 11. The molecule has 3 aromatic rings. The van der Waals surface area contributed by atoms with Crippen LogP contribution in [0, 0.1) is 6.92 Å². The molecule has 0 aromatic heterocycles. The summed E-state index contributed by atoms with van der Waals surface area (Å²) in [6, 6.07) is 18.9. The van der Waals surface area contributed by atoms with Gasteiger partial charge >= 0.3 is 0 Å². The number of sulfonamides is 1. The Balaban J connectivity index is 2.07. The molecule has 10 heteroatoms. The Hall–Kier alpha value is -3.56. The predicted molar refractivity (Wildman–Crippen MR) is 153 cm³/mol. The number of halogens is 1. The highest BCUT2D eigenvalue weighted by molar-refractivity contribution is 7.92. The quantitative estimate of drug-likeness (QED) is 0.357. The standard InChI is InChI=1S/C29H34ClN3O5S/c1-20(2)31-29(35)22(4)32(18-23-10-9-11-25(16-23)38-5)28(34)19-33(27-17-24(30)15-14-21(27)3)39(36,37)26-12-7-6-8-13-26/h6-17,20,22H,18-19H2,1-5H3,(H,31,35)/t22-/m1/s1. The molecule has 0 unspecified atom stereocenters. The second-order valence-corrected chi connectivity index (χ2v) is 11.8. The zero-order valence-corrected chi connectivity index (χ0v) is 24.3. The SMILES string of the molecule is COc1cccc(CN(C(=O)CN(c2cc(Cl)ccc2C)S(=O)(=O)c2ccccc2)[C@H](C)C(=O)NC(C)C)c1. The van der Waals surface area contributed by atoms with E-state index >= 15 is 0 Å². The monoisotopic (exact) mass is 571 g/mol. The van der Waals surface area contributed by atoms with E-state index in [-0.39, 0.29) is 29.1 Å². The number of methoxy groups -OCH3 is 1. The van der Waals surface area contributed by atoms with Crippen molar-refractivity contribution in [2.45, 2.75) is 51.2 Å². The normalized spacial score (nSPS) is 12.1. The van der Waals surface area contributed by atoms with Gasteiger partial charge in [0.05, 0.1) is 17.7 Å². The van der Waals surface area contributed by atoms with Gasteiger partial charge in [-0.3, -0.25) is 13.9 Å². The molecule has 0 aliphatic carbocycles. The molecular weight excluding hydrogens is 538 g/mol. The first kappa shape index (κ1) is 30.0. The van der Waals surface area contributed by atoms with Crippen LogP contribution in [0.1, 0.15) is 31.9 Å². The van der Waals surface area contributed by atoms with Crippen molar-refractivity contribution in [2.24, 2.45) is 0 Å². The highest BCUT2D eigenvalue weighted by Crippen LogP contribution is 2.30. The molecule has 0 saturated carbocycles. The van der Waals surface area contributed by atoms with Crippen LogP contribution in [0.5, 0.6) is 5.75 Å². The summed E-state index contributed by atoms with van der Waals surface area (Å²) in [5.41, 5.74) is 1.63. The van der Waals surface area contributed by atoms with Gasteiger partial charge in [0.15, 0.2) is 0 Å². The van der Waals surface area contributed by atoms with Gasteiger partial charge in [0.25, 0.3) is 10.0 Å². The molecule has 2 amide bonds. The van der Waals surface area contributed by atoms with Crippen molar-refractivity contribution < 1.29 is 22.7 Å². The third-order valence-electron chi connectivity index (χ3n) is 6.14. The Bertz CT molecular complexity index is 1410. The summed E-state index contributed by atoms with van der Waals surface area (Å²) in [5.74, 6) is -0.303. The summed E-state index contributed by atoms with van der Waals surface area (Å²) < 4.78 is 34.1. The van der Waals surface area contributed by atoms with Gasteiger partial charge in [0, 0.05) is 17.6 Å². The Labute approximate surface area is 235 Å². The van der Waals surface area contributed by atoms with Gasteiger partial charge in [-0.1, -0.05) is 48.0 Å². The van der Waals surface area contributed by atoms with E-state index in [0.717, 1.165) is 9.87 Å². The summed E-state index contributed by atoms with van der Waals surface area (Å²) in [5, 5.41) is 3.17. The van der Waals surface area contributed by atoms with Crippen LogP contribution >= 0.6 is 11.6 Å². The molecule has 3 rings (SSSR count). The largest absolute Gasteiger partial charge is 0.497 e. The predicted octanol–water partition coefficient (Wildman–Crippen LogP) is 4.79. The zero-order valence-electron chi connectivity index (χ0n) is 22.7. The number of carbonyl (C=O) groups is 2. The molecule has 0 bridgehead atoms. The van der Waals surface area contributed by atoms with E-state index in [1.165, 1.54) is 23.1 Å². The van der Waals surface area contributed by atoms with Crippen molar-refractivity contribution in [3.63, 3.8) is 0 Å². The average molecular weight is 572 g/mol. The lowest BCUT2D eigenvalue weighted by atomic mass is 10.1. The van der Waals surface area contributed by atoms with Crippen LogP contribution in [0.15, 0.2) is 77.7 Å². The first-order valence-electron chi connectivity index (χ1n) is 12.5. The lowest BCUT2D eigenvalue weighted by molar-refractivity contribution is -0.139. The molecule has 208 valence electrons. The van der Waals surface area contributed by atoms with E-state index in [4.69, 9.17) is 16.3 Å². The van der Waals surface area contributed by atoms with Gasteiger partial charge in [-0.2, -0.15) is 0 Å². The van der Waals surface area contributed by atoms with Crippen molar-refractivity contribution in [3.8, 4) is 5.75 Å². The van der Waals surface area contributed by atoms with Gasteiger partial charge in [-0.15, -0.1) is 0 Å². The minimum absolute atomic E-state index is 0.0297. The number of aryl methyl sites for hydroxylation is 1. The number of benzene rings is 3. The van der Waals surface area contributed by atoms with Gasteiger partial charge in [-0.05, 0) is 75.2 Å². The second-order valence-electron chi connectivity index (χ2n) is 9.47. The van der Waals surface area contributed by atoms with Crippen LogP contribution in [0.3, 0.4) is 0 Å². The summed E-state index contributed by atoms with van der Waals surface area (Å²) in [6.07, 6.45) is 0.